The molecule has 1 fully saturated rings. The Morgan fingerprint density at radius 2 is 1.25 bits per heavy atom. The summed E-state index contributed by atoms with van der Waals surface area (Å²) in [6.45, 7) is 14.4. The Labute approximate surface area is 79.1 Å². The number of rotatable bonds is 1. The van der Waals surface area contributed by atoms with Crippen LogP contribution in [0.2, 0.25) is 38.3 Å². The lowest BCUT2D eigenvalue weighted by Gasteiger charge is -2.52. The lowest BCUT2D eigenvalue weighted by molar-refractivity contribution is 0.185. The van der Waals surface area contributed by atoms with Crippen molar-refractivity contribution in [2.24, 2.45) is 0 Å². The van der Waals surface area contributed by atoms with E-state index in [0.29, 0.717) is 0 Å². The van der Waals surface area contributed by atoms with Gasteiger partial charge in [0.1, 0.15) is 0 Å². The molecule has 0 bridgehead atoms. The summed E-state index contributed by atoms with van der Waals surface area (Å²) in [6, 6.07) is 2.95. The van der Waals surface area contributed by atoms with Gasteiger partial charge in [-0.1, -0.05) is 6.10 Å². The SMILES string of the molecule is C[C-](C)[O+]1[Si](C)(C)CC[Si]1(C)C. The second-order valence-corrected chi connectivity index (χ2v) is 14.5. The summed E-state index contributed by atoms with van der Waals surface area (Å²) < 4.78 is 3.73. The van der Waals surface area contributed by atoms with Gasteiger partial charge in [0.2, 0.25) is 0 Å². The lowest BCUT2D eigenvalue weighted by Crippen LogP contribution is -2.47. The maximum absolute atomic E-state index is 3.73. The van der Waals surface area contributed by atoms with Gasteiger partial charge in [-0.15, -0.1) is 13.8 Å². The molecule has 1 aliphatic heterocycles. The van der Waals surface area contributed by atoms with Crippen LogP contribution < -0.4 is 0 Å². The zero-order valence-electron chi connectivity index (χ0n) is 9.32. The molecule has 0 unspecified atom stereocenters. The summed E-state index contributed by atoms with van der Waals surface area (Å²) in [6.07, 6.45) is 1.49. The van der Waals surface area contributed by atoms with Gasteiger partial charge in [0.15, 0.2) is 0 Å². The molecule has 0 aliphatic carbocycles. The highest BCUT2D eigenvalue weighted by Gasteiger charge is 2.52. The normalized spacial score (nSPS) is 28.2. The Hall–Kier alpha value is 0.394. The molecule has 3 heteroatoms. The van der Waals surface area contributed by atoms with E-state index < -0.39 is 16.6 Å². The van der Waals surface area contributed by atoms with E-state index in [-0.39, 0.29) is 0 Å². The van der Waals surface area contributed by atoms with Crippen LogP contribution in [0.5, 0.6) is 0 Å². The van der Waals surface area contributed by atoms with Gasteiger partial charge >= 0.3 is 16.6 Å². The fraction of sp³-hybridized carbons (Fsp3) is 0.889. The molecule has 1 saturated heterocycles. The maximum atomic E-state index is 3.73. The predicted octanol–water partition coefficient (Wildman–Crippen LogP) is 3.53. The van der Waals surface area contributed by atoms with Crippen LogP contribution in [0.3, 0.4) is 0 Å². The Balaban J connectivity index is 2.89. The van der Waals surface area contributed by atoms with Crippen LogP contribution in [-0.4, -0.2) is 16.6 Å². The largest absolute Gasteiger partial charge is 0.769 e. The predicted molar refractivity (Wildman–Crippen MR) is 60.3 cm³/mol. The minimum Gasteiger partial charge on any atom is -0.769 e. The van der Waals surface area contributed by atoms with Crippen LogP contribution in [0, 0.1) is 6.10 Å². The highest BCUT2D eigenvalue weighted by Crippen LogP contribution is 2.44. The molecule has 0 spiro atoms. The second kappa shape index (κ2) is 2.96. The van der Waals surface area contributed by atoms with Crippen molar-refractivity contribution >= 4 is 16.6 Å². The molecule has 0 aromatic rings. The fourth-order valence-electron chi connectivity index (χ4n) is 2.66. The zero-order chi connectivity index (χ0) is 9.57. The van der Waals surface area contributed by atoms with E-state index in [1.54, 1.807) is 0 Å². The van der Waals surface area contributed by atoms with Crippen molar-refractivity contribution in [1.82, 2.24) is 0 Å². The van der Waals surface area contributed by atoms with Crippen LogP contribution in [0.15, 0.2) is 0 Å². The van der Waals surface area contributed by atoms with Gasteiger partial charge in [0, 0.05) is 12.1 Å². The van der Waals surface area contributed by atoms with E-state index in [2.05, 4.69) is 43.8 Å². The van der Waals surface area contributed by atoms with Gasteiger partial charge in [-0.3, -0.25) is 0 Å². The van der Waals surface area contributed by atoms with Gasteiger partial charge in [-0.25, -0.2) is 0 Å². The molecule has 0 saturated carbocycles. The van der Waals surface area contributed by atoms with Gasteiger partial charge in [0.25, 0.3) is 0 Å². The monoisotopic (exact) mass is 202 g/mol. The quantitative estimate of drug-likeness (QED) is 0.347. The molecule has 0 aromatic heterocycles. The first-order chi connectivity index (χ1) is 5.27. The van der Waals surface area contributed by atoms with Gasteiger partial charge in [0.05, 0.1) is 0 Å². The van der Waals surface area contributed by atoms with Crippen LogP contribution in [0.25, 0.3) is 0 Å². The molecule has 12 heavy (non-hydrogen) atoms. The average molecular weight is 202 g/mol. The van der Waals surface area contributed by atoms with Crippen molar-refractivity contribution in [2.45, 2.75) is 52.1 Å². The van der Waals surface area contributed by atoms with Crippen molar-refractivity contribution < 1.29 is 3.75 Å². The van der Waals surface area contributed by atoms with Crippen LogP contribution in [0.1, 0.15) is 13.8 Å². The fourth-order valence-corrected chi connectivity index (χ4v) is 16.7. The molecule has 0 atom stereocenters. The lowest BCUT2D eigenvalue weighted by atomic mass is 10.5. The summed E-state index contributed by atoms with van der Waals surface area (Å²) in [5.41, 5.74) is 0. The number of hydrogen-bond acceptors (Lipinski definition) is 0. The molecule has 1 nitrogen and oxygen atoms in total. The maximum Gasteiger partial charge on any atom is 0.331 e. The molecule has 1 aliphatic rings. The molecule has 0 amide bonds. The van der Waals surface area contributed by atoms with Crippen molar-refractivity contribution in [2.75, 3.05) is 0 Å². The Kier molecular flexibility index (Phi) is 2.58. The highest BCUT2D eigenvalue weighted by atomic mass is 28.4. The molecular formula is C9H22OSi2. The molecule has 72 valence electrons. The summed E-state index contributed by atoms with van der Waals surface area (Å²) >= 11 is 0. The first-order valence-electron chi connectivity index (χ1n) is 4.82. The van der Waals surface area contributed by atoms with E-state index in [0.717, 1.165) is 0 Å². The highest BCUT2D eigenvalue weighted by molar-refractivity contribution is 6.91. The van der Waals surface area contributed by atoms with Crippen molar-refractivity contribution in [3.8, 4) is 0 Å². The summed E-state index contributed by atoms with van der Waals surface area (Å²) in [7, 11) is -2.19. The van der Waals surface area contributed by atoms with Crippen LogP contribution >= 0.6 is 0 Å². The van der Waals surface area contributed by atoms with Crippen molar-refractivity contribution in [3.63, 3.8) is 0 Å². The van der Waals surface area contributed by atoms with Crippen molar-refractivity contribution in [1.29, 1.82) is 0 Å². The van der Waals surface area contributed by atoms with E-state index in [4.69, 9.17) is 0 Å². The molecule has 1 rings (SSSR count). The second-order valence-electron chi connectivity index (χ2n) is 5.23. The summed E-state index contributed by atoms with van der Waals surface area (Å²) in [5, 5.41) is 0. The molecular weight excluding hydrogens is 180 g/mol. The van der Waals surface area contributed by atoms with Gasteiger partial charge in [-0.2, -0.15) is 0 Å². The smallest absolute Gasteiger partial charge is 0.331 e. The van der Waals surface area contributed by atoms with E-state index in [1.807, 2.05) is 0 Å². The first-order valence-corrected chi connectivity index (χ1v) is 11.1. The third kappa shape index (κ3) is 1.68. The summed E-state index contributed by atoms with van der Waals surface area (Å²) in [4.78, 5) is 0. The van der Waals surface area contributed by atoms with Gasteiger partial charge < -0.3 is 3.75 Å². The minimum absolute atomic E-state index is 1.09. The van der Waals surface area contributed by atoms with Crippen LogP contribution in [-0.2, 0) is 3.75 Å². The Bertz CT molecular complexity index is 159. The molecule has 1 heterocycles. The molecule has 0 aromatic carbocycles. The van der Waals surface area contributed by atoms with Gasteiger partial charge in [-0.05, 0) is 26.2 Å². The third-order valence-electron chi connectivity index (χ3n) is 2.84. The minimum atomic E-state index is -1.09. The first kappa shape index (κ1) is 10.5. The molecule has 0 N–H and O–H groups in total. The van der Waals surface area contributed by atoms with E-state index in [9.17, 15) is 0 Å². The summed E-state index contributed by atoms with van der Waals surface area (Å²) in [5.74, 6) is 0. The third-order valence-corrected chi connectivity index (χ3v) is 12.6. The standard InChI is InChI=1S/C9H22OSi2/c1-9(2)10-11(3,4)7-8-12(10,5)6/h7-8H2,1-6H3. The topological polar surface area (TPSA) is 2.70 Å². The average Bonchev–Trinajstić information content (AvgIpc) is 2.01. The van der Waals surface area contributed by atoms with E-state index in [1.165, 1.54) is 18.2 Å². The van der Waals surface area contributed by atoms with E-state index >= 15 is 0 Å². The Morgan fingerprint density at radius 3 is 1.42 bits per heavy atom. The van der Waals surface area contributed by atoms with Crippen molar-refractivity contribution in [3.05, 3.63) is 6.10 Å². The van der Waals surface area contributed by atoms with Crippen LogP contribution in [0.4, 0.5) is 0 Å². The zero-order valence-corrected chi connectivity index (χ0v) is 11.3. The molecule has 0 radical (unpaired) electrons. The Morgan fingerprint density at radius 1 is 0.917 bits per heavy atom. The number of hydrogen-bond donors (Lipinski definition) is 0.